The highest BCUT2D eigenvalue weighted by molar-refractivity contribution is 5.78. The molecule has 100 valence electrons. The number of nitrogens with one attached hydrogen (secondary N) is 1. The predicted molar refractivity (Wildman–Crippen MR) is 58.0 cm³/mol. The van der Waals surface area contributed by atoms with Crippen LogP contribution < -0.4 is 5.43 Å². The van der Waals surface area contributed by atoms with E-state index in [1.165, 1.54) is 0 Å². The number of hydrogen-bond acceptors (Lipinski definition) is 2. The average molecular weight is 252 g/mol. The second-order valence-corrected chi connectivity index (χ2v) is 5.09. The fourth-order valence-corrected chi connectivity index (χ4v) is 2.14. The summed E-state index contributed by atoms with van der Waals surface area (Å²) in [7, 11) is 0. The maximum Gasteiger partial charge on any atom is 0.405 e. The predicted octanol–water partition coefficient (Wildman–Crippen LogP) is 2.62. The molecule has 0 saturated carbocycles. The van der Waals surface area contributed by atoms with Crippen molar-refractivity contribution >= 4 is 5.91 Å². The lowest BCUT2D eigenvalue weighted by Crippen LogP contribution is -2.56. The lowest BCUT2D eigenvalue weighted by Gasteiger charge is -2.37. The van der Waals surface area contributed by atoms with Gasteiger partial charge in [-0.1, -0.05) is 19.8 Å². The number of nitrogens with zero attached hydrogens (tertiary/aromatic N) is 1. The van der Waals surface area contributed by atoms with Crippen LogP contribution in [-0.4, -0.2) is 28.7 Å². The Morgan fingerprint density at radius 1 is 1.47 bits per heavy atom. The van der Waals surface area contributed by atoms with Gasteiger partial charge in [-0.15, -0.1) is 0 Å². The van der Waals surface area contributed by atoms with Gasteiger partial charge < -0.3 is 0 Å². The summed E-state index contributed by atoms with van der Waals surface area (Å²) < 4.78 is 38.9. The zero-order valence-electron chi connectivity index (χ0n) is 10.4. The van der Waals surface area contributed by atoms with Crippen LogP contribution in [0.3, 0.4) is 0 Å². The summed E-state index contributed by atoms with van der Waals surface area (Å²) in [6.45, 7) is 5.15. The van der Waals surface area contributed by atoms with Crippen LogP contribution >= 0.6 is 0 Å². The molecule has 1 atom stereocenters. The van der Waals surface area contributed by atoms with Crippen LogP contribution in [0.1, 0.15) is 46.5 Å². The molecule has 1 saturated heterocycles. The number of alkyl halides is 3. The van der Waals surface area contributed by atoms with Gasteiger partial charge in [-0.3, -0.25) is 10.2 Å². The summed E-state index contributed by atoms with van der Waals surface area (Å²) in [5, 5.41) is 1.07. The quantitative estimate of drug-likeness (QED) is 0.834. The molecule has 1 N–H and O–H groups in total. The molecule has 0 aliphatic carbocycles. The summed E-state index contributed by atoms with van der Waals surface area (Å²) in [5.41, 5.74) is 1.55. The van der Waals surface area contributed by atoms with Crippen molar-refractivity contribution in [2.24, 2.45) is 0 Å². The smallest absolute Gasteiger partial charge is 0.288 e. The van der Waals surface area contributed by atoms with E-state index in [2.05, 4.69) is 5.43 Å². The lowest BCUT2D eigenvalue weighted by atomic mass is 9.98. The van der Waals surface area contributed by atoms with Gasteiger partial charge in [0.1, 0.15) is 6.04 Å². The molecule has 0 spiro atoms. The highest BCUT2D eigenvalue weighted by Crippen LogP contribution is 2.35. The normalized spacial score (nSPS) is 22.6. The number of hydrogen-bond donors (Lipinski definition) is 1. The first-order chi connectivity index (χ1) is 7.68. The number of carbonyl (C=O) groups is 1. The molecule has 0 radical (unpaired) electrons. The van der Waals surface area contributed by atoms with Crippen molar-refractivity contribution in [3.63, 3.8) is 0 Å². The Hall–Kier alpha value is -0.780. The Kier molecular flexibility index (Phi) is 4.06. The van der Waals surface area contributed by atoms with E-state index in [0.717, 1.165) is 5.01 Å². The number of unbranched alkanes of at least 4 members (excludes halogenated alkanes) is 1. The van der Waals surface area contributed by atoms with Crippen molar-refractivity contribution in [1.29, 1.82) is 0 Å². The Balaban J connectivity index is 2.86. The van der Waals surface area contributed by atoms with Crippen LogP contribution in [0, 0.1) is 0 Å². The summed E-state index contributed by atoms with van der Waals surface area (Å²) in [6, 6.07) is -1.59. The van der Waals surface area contributed by atoms with Crippen LogP contribution in [-0.2, 0) is 4.79 Å². The molecule has 1 amide bonds. The first-order valence-electron chi connectivity index (χ1n) is 5.84. The molecule has 1 fully saturated rings. The highest BCUT2D eigenvalue weighted by Gasteiger charge is 2.51. The van der Waals surface area contributed by atoms with E-state index in [1.807, 2.05) is 6.92 Å². The molecule has 6 heteroatoms. The van der Waals surface area contributed by atoms with Gasteiger partial charge >= 0.3 is 6.18 Å². The molecular weight excluding hydrogens is 233 g/mol. The topological polar surface area (TPSA) is 32.3 Å². The molecule has 3 nitrogen and oxygen atoms in total. The average Bonchev–Trinajstić information content (AvgIpc) is 2.38. The SMILES string of the molecule is CCCCC(N1NC(=O)CC1(C)C)C(F)(F)F. The summed E-state index contributed by atoms with van der Waals surface area (Å²) >= 11 is 0. The molecule has 0 aromatic carbocycles. The van der Waals surface area contributed by atoms with Gasteiger partial charge in [-0.2, -0.15) is 13.2 Å². The van der Waals surface area contributed by atoms with E-state index in [4.69, 9.17) is 0 Å². The van der Waals surface area contributed by atoms with Gasteiger partial charge in [-0.05, 0) is 20.3 Å². The third-order valence-corrected chi connectivity index (χ3v) is 3.01. The first kappa shape index (κ1) is 14.3. The Morgan fingerprint density at radius 2 is 2.06 bits per heavy atom. The minimum absolute atomic E-state index is 0.0176. The number of hydrazine groups is 1. The van der Waals surface area contributed by atoms with E-state index in [9.17, 15) is 18.0 Å². The van der Waals surface area contributed by atoms with E-state index in [1.54, 1.807) is 13.8 Å². The van der Waals surface area contributed by atoms with Crippen molar-refractivity contribution in [3.8, 4) is 0 Å². The lowest BCUT2D eigenvalue weighted by molar-refractivity contribution is -0.202. The zero-order valence-corrected chi connectivity index (χ0v) is 10.4. The molecule has 0 aromatic heterocycles. The van der Waals surface area contributed by atoms with Crippen LogP contribution in [0.15, 0.2) is 0 Å². The highest BCUT2D eigenvalue weighted by atomic mass is 19.4. The second-order valence-electron chi connectivity index (χ2n) is 5.09. The number of carbonyl (C=O) groups excluding carboxylic acids is 1. The third kappa shape index (κ3) is 3.34. The second kappa shape index (κ2) is 4.84. The van der Waals surface area contributed by atoms with Crippen molar-refractivity contribution in [3.05, 3.63) is 0 Å². The van der Waals surface area contributed by atoms with Gasteiger partial charge in [-0.25, -0.2) is 5.01 Å². The molecule has 1 unspecified atom stereocenters. The molecule has 1 aliphatic heterocycles. The van der Waals surface area contributed by atoms with Crippen LogP contribution in [0.25, 0.3) is 0 Å². The summed E-state index contributed by atoms with van der Waals surface area (Å²) in [6.07, 6.45) is -3.00. The van der Waals surface area contributed by atoms with E-state index in [0.29, 0.717) is 12.8 Å². The van der Waals surface area contributed by atoms with E-state index in [-0.39, 0.29) is 18.7 Å². The first-order valence-corrected chi connectivity index (χ1v) is 5.84. The third-order valence-electron chi connectivity index (χ3n) is 3.01. The van der Waals surface area contributed by atoms with Crippen LogP contribution in [0.2, 0.25) is 0 Å². The minimum Gasteiger partial charge on any atom is -0.288 e. The van der Waals surface area contributed by atoms with Crippen molar-refractivity contribution in [2.45, 2.75) is 64.2 Å². The van der Waals surface area contributed by atoms with Crippen LogP contribution in [0.5, 0.6) is 0 Å². The minimum atomic E-state index is -4.32. The largest absolute Gasteiger partial charge is 0.405 e. The molecule has 0 bridgehead atoms. The van der Waals surface area contributed by atoms with Gasteiger partial charge in [0.2, 0.25) is 5.91 Å². The van der Waals surface area contributed by atoms with Gasteiger partial charge in [0.25, 0.3) is 0 Å². The van der Waals surface area contributed by atoms with Gasteiger partial charge in [0, 0.05) is 12.0 Å². The summed E-state index contributed by atoms with van der Waals surface area (Å²) in [4.78, 5) is 11.3. The van der Waals surface area contributed by atoms with Crippen molar-refractivity contribution < 1.29 is 18.0 Å². The molecule has 0 aromatic rings. The van der Waals surface area contributed by atoms with Crippen molar-refractivity contribution in [1.82, 2.24) is 10.4 Å². The number of rotatable bonds is 4. The maximum absolute atomic E-state index is 13.0. The Morgan fingerprint density at radius 3 is 2.41 bits per heavy atom. The molecular formula is C11H19F3N2O. The monoisotopic (exact) mass is 252 g/mol. The molecule has 17 heavy (non-hydrogen) atoms. The fraction of sp³-hybridized carbons (Fsp3) is 0.909. The standard InChI is InChI=1S/C11H19F3N2O/c1-4-5-6-8(11(12,13)14)16-10(2,3)7-9(17)15-16/h8H,4-7H2,1-3H3,(H,15,17). The van der Waals surface area contributed by atoms with Gasteiger partial charge in [0.15, 0.2) is 0 Å². The van der Waals surface area contributed by atoms with E-state index >= 15 is 0 Å². The summed E-state index contributed by atoms with van der Waals surface area (Å²) in [5.74, 6) is -0.347. The Labute approximate surface area is 99.3 Å². The van der Waals surface area contributed by atoms with E-state index < -0.39 is 17.8 Å². The molecule has 1 rings (SSSR count). The van der Waals surface area contributed by atoms with Crippen molar-refractivity contribution in [2.75, 3.05) is 0 Å². The Bertz CT molecular complexity index is 289. The molecule has 1 aliphatic rings. The molecule has 1 heterocycles. The number of amides is 1. The van der Waals surface area contributed by atoms with Gasteiger partial charge in [0.05, 0.1) is 0 Å². The maximum atomic E-state index is 13.0. The fourth-order valence-electron chi connectivity index (χ4n) is 2.14. The zero-order chi connectivity index (χ0) is 13.3. The van der Waals surface area contributed by atoms with Crippen LogP contribution in [0.4, 0.5) is 13.2 Å². The number of halogens is 3.